The van der Waals surface area contributed by atoms with E-state index in [2.05, 4.69) is 4.72 Å². The zero-order chi connectivity index (χ0) is 23.0. The number of nitrogens with zero attached hydrogens (tertiary/aromatic N) is 1. The lowest BCUT2D eigenvalue weighted by molar-refractivity contribution is -0.119. The maximum Gasteiger partial charge on any atom is 0.265 e. The molecule has 0 spiro atoms. The minimum atomic E-state index is -4.23. The lowest BCUT2D eigenvalue weighted by Crippen LogP contribution is -2.30. The van der Waals surface area contributed by atoms with Gasteiger partial charge in [0.15, 0.2) is 11.5 Å². The molecule has 1 saturated heterocycles. The van der Waals surface area contributed by atoms with E-state index in [0.717, 1.165) is 6.07 Å². The molecule has 10 nitrogen and oxygen atoms in total. The van der Waals surface area contributed by atoms with Crippen molar-refractivity contribution in [3.63, 3.8) is 0 Å². The molecule has 12 heteroatoms. The molecule has 31 heavy (non-hydrogen) atoms. The van der Waals surface area contributed by atoms with E-state index in [9.17, 15) is 21.6 Å². The number of hydrogen-bond acceptors (Lipinski definition) is 8. The van der Waals surface area contributed by atoms with Gasteiger partial charge < -0.3 is 14.2 Å². The van der Waals surface area contributed by atoms with Gasteiger partial charge in [-0.2, -0.15) is 0 Å². The minimum absolute atomic E-state index is 0.0196. The summed E-state index contributed by atoms with van der Waals surface area (Å²) >= 11 is 0. The van der Waals surface area contributed by atoms with Gasteiger partial charge in [0.1, 0.15) is 10.6 Å². The molecule has 168 valence electrons. The van der Waals surface area contributed by atoms with Gasteiger partial charge in [0.2, 0.25) is 15.9 Å². The van der Waals surface area contributed by atoms with Crippen molar-refractivity contribution < 1.29 is 35.8 Å². The Morgan fingerprint density at radius 2 is 1.58 bits per heavy atom. The van der Waals surface area contributed by atoms with Crippen LogP contribution in [-0.2, 0) is 24.8 Å². The maximum absolute atomic E-state index is 13.1. The number of hydrogen-bond donors (Lipinski definition) is 1. The first-order valence-corrected chi connectivity index (χ1v) is 12.1. The fourth-order valence-electron chi connectivity index (χ4n) is 3.20. The molecule has 1 amide bonds. The number of amides is 1. The van der Waals surface area contributed by atoms with Crippen molar-refractivity contribution in [2.24, 2.45) is 5.92 Å². The highest BCUT2D eigenvalue weighted by molar-refractivity contribution is 7.94. The largest absolute Gasteiger partial charge is 0.495 e. The van der Waals surface area contributed by atoms with Crippen molar-refractivity contribution in [3.8, 4) is 17.2 Å². The monoisotopic (exact) mass is 470 g/mol. The molecule has 2 aromatic carbocycles. The number of rotatable bonds is 7. The van der Waals surface area contributed by atoms with Crippen LogP contribution >= 0.6 is 0 Å². The summed E-state index contributed by atoms with van der Waals surface area (Å²) in [5, 5.41) is 0. The summed E-state index contributed by atoms with van der Waals surface area (Å²) in [7, 11) is -3.98. The van der Waals surface area contributed by atoms with Gasteiger partial charge in [-0.05, 0) is 30.3 Å². The second kappa shape index (κ2) is 8.27. The minimum Gasteiger partial charge on any atom is -0.495 e. The second-order valence-electron chi connectivity index (χ2n) is 6.79. The summed E-state index contributed by atoms with van der Waals surface area (Å²) in [5.41, 5.74) is 0.103. The molecule has 0 aromatic heterocycles. The van der Waals surface area contributed by atoms with E-state index in [1.54, 1.807) is 0 Å². The molecule has 0 radical (unpaired) electrons. The van der Waals surface area contributed by atoms with E-state index in [1.807, 2.05) is 0 Å². The van der Waals surface area contributed by atoms with Crippen molar-refractivity contribution in [1.29, 1.82) is 0 Å². The Balaban J connectivity index is 2.05. The number of carbonyl (C=O) groups is 1. The van der Waals surface area contributed by atoms with Crippen LogP contribution < -0.4 is 23.2 Å². The van der Waals surface area contributed by atoms with Crippen molar-refractivity contribution >= 4 is 37.3 Å². The fraction of sp³-hybridized carbons (Fsp3) is 0.316. The zero-order valence-corrected chi connectivity index (χ0v) is 18.9. The van der Waals surface area contributed by atoms with Crippen LogP contribution in [0.15, 0.2) is 41.3 Å². The molecular weight excluding hydrogens is 448 g/mol. The molecular formula is C19H22N2O8S2. The number of benzene rings is 2. The molecule has 1 aliphatic rings. The molecule has 1 aliphatic heterocycles. The van der Waals surface area contributed by atoms with E-state index in [-0.39, 0.29) is 27.8 Å². The molecule has 1 fully saturated rings. The summed E-state index contributed by atoms with van der Waals surface area (Å²) in [6.07, 6.45) is 0. The maximum atomic E-state index is 13.1. The normalized spacial score (nSPS) is 18.0. The quantitative estimate of drug-likeness (QED) is 0.649. The number of sulfonamides is 2. The average Bonchev–Trinajstić information content (AvgIpc) is 2.93. The first-order chi connectivity index (χ1) is 14.5. The van der Waals surface area contributed by atoms with Gasteiger partial charge in [-0.1, -0.05) is 6.92 Å². The van der Waals surface area contributed by atoms with Gasteiger partial charge in [0, 0.05) is 6.07 Å². The van der Waals surface area contributed by atoms with Crippen LogP contribution in [0.25, 0.3) is 0 Å². The van der Waals surface area contributed by atoms with Gasteiger partial charge in [0.25, 0.3) is 10.0 Å². The Labute approximate surface area is 180 Å². The third-order valence-electron chi connectivity index (χ3n) is 4.67. The summed E-state index contributed by atoms with van der Waals surface area (Å²) in [5.74, 6) is -0.987. The Morgan fingerprint density at radius 1 is 0.968 bits per heavy atom. The van der Waals surface area contributed by atoms with Crippen LogP contribution in [0.4, 0.5) is 11.4 Å². The summed E-state index contributed by atoms with van der Waals surface area (Å²) in [4.78, 5) is 12.1. The number of anilines is 2. The molecule has 0 saturated carbocycles. The van der Waals surface area contributed by atoms with Crippen LogP contribution in [0.2, 0.25) is 0 Å². The number of nitrogens with one attached hydrogen (secondary N) is 1. The van der Waals surface area contributed by atoms with E-state index in [1.165, 1.54) is 58.6 Å². The molecule has 0 unspecified atom stereocenters. The first-order valence-electron chi connectivity index (χ1n) is 9.03. The standard InChI is InChI=1S/C19H22N2O8S2/c1-12-11-30(23,24)21(19(12)22)14-6-8-16(28-3)18(10-14)31(25,26)20-13-5-7-15(27-2)17(9-13)29-4/h5-10,12,20H,11H2,1-4H3/t12-/m1/s1. The zero-order valence-electron chi connectivity index (χ0n) is 17.3. The Morgan fingerprint density at radius 3 is 2.13 bits per heavy atom. The predicted molar refractivity (Wildman–Crippen MR) is 114 cm³/mol. The topological polar surface area (TPSA) is 128 Å². The van der Waals surface area contributed by atoms with Crippen LogP contribution in [0, 0.1) is 5.92 Å². The molecule has 3 rings (SSSR count). The lowest BCUT2D eigenvalue weighted by Gasteiger charge is -2.18. The van der Waals surface area contributed by atoms with Crippen LogP contribution in [0.1, 0.15) is 6.92 Å². The summed E-state index contributed by atoms with van der Waals surface area (Å²) in [6.45, 7) is 1.50. The Hall–Kier alpha value is -2.99. The van der Waals surface area contributed by atoms with E-state index in [0.29, 0.717) is 15.8 Å². The van der Waals surface area contributed by atoms with Gasteiger partial charge >= 0.3 is 0 Å². The summed E-state index contributed by atoms with van der Waals surface area (Å²) < 4.78 is 69.5. The van der Waals surface area contributed by atoms with E-state index >= 15 is 0 Å². The van der Waals surface area contributed by atoms with E-state index in [4.69, 9.17) is 14.2 Å². The predicted octanol–water partition coefficient (Wildman–Crippen LogP) is 1.83. The average molecular weight is 471 g/mol. The van der Waals surface area contributed by atoms with Crippen molar-refractivity contribution in [3.05, 3.63) is 36.4 Å². The number of ether oxygens (including phenoxy) is 3. The second-order valence-corrected chi connectivity index (χ2v) is 10.3. The molecule has 0 aliphatic carbocycles. The molecule has 1 heterocycles. The highest BCUT2D eigenvalue weighted by Crippen LogP contribution is 2.36. The third-order valence-corrected chi connectivity index (χ3v) is 7.94. The van der Waals surface area contributed by atoms with E-state index < -0.39 is 31.9 Å². The van der Waals surface area contributed by atoms with Gasteiger partial charge in [0.05, 0.1) is 44.4 Å². The number of methoxy groups -OCH3 is 3. The van der Waals surface area contributed by atoms with Crippen molar-refractivity contribution in [1.82, 2.24) is 0 Å². The fourth-order valence-corrected chi connectivity index (χ4v) is 6.25. The Bertz CT molecular complexity index is 1230. The van der Waals surface area contributed by atoms with Gasteiger partial charge in [-0.3, -0.25) is 9.52 Å². The summed E-state index contributed by atoms with van der Waals surface area (Å²) in [6, 6.07) is 8.15. The SMILES string of the molecule is COc1ccc(NS(=O)(=O)c2cc(N3C(=O)[C@H](C)CS3(=O)=O)ccc2OC)cc1OC. The van der Waals surface area contributed by atoms with Crippen LogP contribution in [0.3, 0.4) is 0 Å². The van der Waals surface area contributed by atoms with Crippen LogP contribution in [0.5, 0.6) is 17.2 Å². The molecule has 1 atom stereocenters. The number of carbonyl (C=O) groups excluding carboxylic acids is 1. The van der Waals surface area contributed by atoms with Crippen molar-refractivity contribution in [2.45, 2.75) is 11.8 Å². The molecule has 2 aromatic rings. The van der Waals surface area contributed by atoms with Gasteiger partial charge in [-0.25, -0.2) is 21.1 Å². The molecule has 0 bridgehead atoms. The van der Waals surface area contributed by atoms with Crippen LogP contribution in [-0.4, -0.2) is 49.8 Å². The van der Waals surface area contributed by atoms with Gasteiger partial charge in [-0.15, -0.1) is 0 Å². The first kappa shape index (κ1) is 22.7. The van der Waals surface area contributed by atoms with Crippen molar-refractivity contribution in [2.75, 3.05) is 36.1 Å². The highest BCUT2D eigenvalue weighted by atomic mass is 32.2. The molecule has 1 N–H and O–H groups in total. The smallest absolute Gasteiger partial charge is 0.265 e. The Kier molecular flexibility index (Phi) is 6.05. The third kappa shape index (κ3) is 4.26. The highest BCUT2D eigenvalue weighted by Gasteiger charge is 2.42. The lowest BCUT2D eigenvalue weighted by atomic mass is 10.2.